The third kappa shape index (κ3) is 2.17. The molecule has 1 saturated heterocycles. The van der Waals surface area contributed by atoms with Gasteiger partial charge < -0.3 is 19.7 Å². The van der Waals surface area contributed by atoms with E-state index in [1.165, 1.54) is 0 Å². The van der Waals surface area contributed by atoms with Gasteiger partial charge in [-0.1, -0.05) is 0 Å². The monoisotopic (exact) mass is 176 g/mol. The summed E-state index contributed by atoms with van der Waals surface area (Å²) in [4.78, 5) is 0. The zero-order valence-corrected chi connectivity index (χ0v) is 7.43. The van der Waals surface area contributed by atoms with Crippen LogP contribution in [0.15, 0.2) is 0 Å². The molecule has 4 atom stereocenters. The van der Waals surface area contributed by atoms with Crippen LogP contribution < -0.4 is 0 Å². The van der Waals surface area contributed by atoms with Gasteiger partial charge in [0.2, 0.25) is 0 Å². The van der Waals surface area contributed by atoms with Gasteiger partial charge in [-0.05, 0) is 6.92 Å². The van der Waals surface area contributed by atoms with Crippen LogP contribution in [0.3, 0.4) is 0 Å². The van der Waals surface area contributed by atoms with Crippen LogP contribution in [0.4, 0.5) is 0 Å². The third-order valence-corrected chi connectivity index (χ3v) is 2.09. The fraction of sp³-hybridized carbons (Fsp3) is 1.00. The zero-order chi connectivity index (χ0) is 9.14. The molecule has 1 aliphatic heterocycles. The molecule has 12 heavy (non-hydrogen) atoms. The van der Waals surface area contributed by atoms with Crippen LogP contribution in [0.5, 0.6) is 0 Å². The Bertz CT molecular complexity index is 139. The maximum absolute atomic E-state index is 9.43. The van der Waals surface area contributed by atoms with Crippen molar-refractivity contribution in [1.82, 2.24) is 0 Å². The lowest BCUT2D eigenvalue weighted by molar-refractivity contribution is -0.177. The van der Waals surface area contributed by atoms with Gasteiger partial charge in [-0.15, -0.1) is 0 Å². The highest BCUT2D eigenvalue weighted by atomic mass is 16.5. The van der Waals surface area contributed by atoms with E-state index in [1.807, 2.05) is 6.92 Å². The van der Waals surface area contributed by atoms with E-state index in [-0.39, 0.29) is 6.10 Å². The highest BCUT2D eigenvalue weighted by Gasteiger charge is 2.34. The van der Waals surface area contributed by atoms with Crippen molar-refractivity contribution in [3.05, 3.63) is 0 Å². The van der Waals surface area contributed by atoms with Gasteiger partial charge in [-0.2, -0.15) is 0 Å². The standard InChI is InChI=1S/C8H16O4/c1-5-3-6(9)8(10)7(12-5)4-11-2/h5-10H,3-4H2,1-2H3/t5?,6-,7-,8-/m1/s1. The Kier molecular flexibility index (Phi) is 3.46. The Balaban J connectivity index is 2.47. The van der Waals surface area contributed by atoms with Gasteiger partial charge in [0.05, 0.1) is 18.8 Å². The first-order chi connectivity index (χ1) is 5.65. The fourth-order valence-electron chi connectivity index (χ4n) is 1.46. The summed E-state index contributed by atoms with van der Waals surface area (Å²) in [6.07, 6.45) is -1.42. The lowest BCUT2D eigenvalue weighted by Crippen LogP contribution is -2.49. The van der Waals surface area contributed by atoms with Crippen molar-refractivity contribution < 1.29 is 19.7 Å². The molecule has 0 amide bonds. The number of aliphatic hydroxyl groups is 2. The number of rotatable bonds is 2. The van der Waals surface area contributed by atoms with Crippen molar-refractivity contribution in [2.24, 2.45) is 0 Å². The maximum Gasteiger partial charge on any atom is 0.110 e. The van der Waals surface area contributed by atoms with Crippen LogP contribution in [-0.4, -0.2) is 48.3 Å². The second-order valence-electron chi connectivity index (χ2n) is 3.23. The first kappa shape index (κ1) is 9.92. The Morgan fingerprint density at radius 2 is 2.17 bits per heavy atom. The van der Waals surface area contributed by atoms with Crippen molar-refractivity contribution in [3.8, 4) is 0 Å². The molecule has 0 aromatic carbocycles. The maximum atomic E-state index is 9.43. The van der Waals surface area contributed by atoms with Gasteiger partial charge in [0.15, 0.2) is 0 Å². The highest BCUT2D eigenvalue weighted by Crippen LogP contribution is 2.19. The molecule has 1 aliphatic rings. The van der Waals surface area contributed by atoms with Crippen LogP contribution in [0.25, 0.3) is 0 Å². The van der Waals surface area contributed by atoms with Gasteiger partial charge in [0.1, 0.15) is 12.2 Å². The van der Waals surface area contributed by atoms with E-state index >= 15 is 0 Å². The minimum Gasteiger partial charge on any atom is -0.390 e. The first-order valence-corrected chi connectivity index (χ1v) is 4.15. The molecule has 0 aliphatic carbocycles. The van der Waals surface area contributed by atoms with E-state index in [0.29, 0.717) is 13.0 Å². The van der Waals surface area contributed by atoms with Crippen molar-refractivity contribution in [3.63, 3.8) is 0 Å². The minimum atomic E-state index is -0.818. The van der Waals surface area contributed by atoms with Crippen LogP contribution in [0, 0.1) is 0 Å². The molecule has 4 heteroatoms. The van der Waals surface area contributed by atoms with Gasteiger partial charge in [0.25, 0.3) is 0 Å². The molecular weight excluding hydrogens is 160 g/mol. The number of aliphatic hydroxyl groups excluding tert-OH is 2. The van der Waals surface area contributed by atoms with Crippen molar-refractivity contribution in [2.45, 2.75) is 37.8 Å². The second-order valence-corrected chi connectivity index (χ2v) is 3.23. The predicted octanol–water partition coefficient (Wildman–Crippen LogP) is -0.468. The Morgan fingerprint density at radius 1 is 1.50 bits per heavy atom. The van der Waals surface area contributed by atoms with E-state index in [1.54, 1.807) is 7.11 Å². The fourth-order valence-corrected chi connectivity index (χ4v) is 1.46. The summed E-state index contributed by atoms with van der Waals surface area (Å²) in [5.41, 5.74) is 0. The molecule has 1 rings (SSSR count). The van der Waals surface area contributed by atoms with Crippen LogP contribution in [0.1, 0.15) is 13.3 Å². The first-order valence-electron chi connectivity index (χ1n) is 4.15. The molecule has 1 unspecified atom stereocenters. The van der Waals surface area contributed by atoms with E-state index in [2.05, 4.69) is 0 Å². The molecule has 0 bridgehead atoms. The number of hydrogen-bond acceptors (Lipinski definition) is 4. The number of ether oxygens (including phenoxy) is 2. The molecule has 0 saturated carbocycles. The molecule has 0 spiro atoms. The average Bonchev–Trinajstić information content (AvgIpc) is 2.00. The summed E-state index contributed by atoms with van der Waals surface area (Å²) in [5, 5.41) is 18.8. The number of hydrogen-bond donors (Lipinski definition) is 2. The SMILES string of the molecule is COC[C@H]1OC(C)C[C@@H](O)[C@H]1O. The predicted molar refractivity (Wildman–Crippen MR) is 42.8 cm³/mol. The van der Waals surface area contributed by atoms with Crippen LogP contribution in [-0.2, 0) is 9.47 Å². The summed E-state index contributed by atoms with van der Waals surface area (Å²) in [6, 6.07) is 0. The van der Waals surface area contributed by atoms with Crippen LogP contribution in [0.2, 0.25) is 0 Å². The Labute approximate surface area is 72.1 Å². The Morgan fingerprint density at radius 3 is 2.75 bits per heavy atom. The summed E-state index contributed by atoms with van der Waals surface area (Å²) < 4.78 is 10.2. The minimum absolute atomic E-state index is 0.0106. The molecule has 0 radical (unpaired) electrons. The van der Waals surface area contributed by atoms with Crippen molar-refractivity contribution in [1.29, 1.82) is 0 Å². The van der Waals surface area contributed by atoms with E-state index < -0.39 is 18.3 Å². The normalized spacial score (nSPS) is 43.0. The molecule has 1 heterocycles. The van der Waals surface area contributed by atoms with Crippen LogP contribution >= 0.6 is 0 Å². The Hall–Kier alpha value is -0.160. The van der Waals surface area contributed by atoms with Crippen molar-refractivity contribution in [2.75, 3.05) is 13.7 Å². The summed E-state index contributed by atoms with van der Waals surface area (Å²) >= 11 is 0. The summed E-state index contributed by atoms with van der Waals surface area (Å²) in [7, 11) is 1.54. The van der Waals surface area contributed by atoms with Gasteiger partial charge in [0, 0.05) is 13.5 Å². The second kappa shape index (κ2) is 4.18. The molecule has 1 fully saturated rings. The molecule has 72 valence electrons. The summed E-state index contributed by atoms with van der Waals surface area (Å²) in [5.74, 6) is 0. The molecule has 0 aromatic heterocycles. The van der Waals surface area contributed by atoms with E-state index in [0.717, 1.165) is 0 Å². The van der Waals surface area contributed by atoms with Crippen molar-refractivity contribution >= 4 is 0 Å². The van der Waals surface area contributed by atoms with Gasteiger partial charge in [-0.3, -0.25) is 0 Å². The lowest BCUT2D eigenvalue weighted by Gasteiger charge is -2.35. The molecule has 4 nitrogen and oxygen atoms in total. The molecule has 0 aromatic rings. The lowest BCUT2D eigenvalue weighted by atomic mass is 9.99. The average molecular weight is 176 g/mol. The number of methoxy groups -OCH3 is 1. The van der Waals surface area contributed by atoms with Gasteiger partial charge >= 0.3 is 0 Å². The highest BCUT2D eigenvalue weighted by molar-refractivity contribution is 4.83. The van der Waals surface area contributed by atoms with Gasteiger partial charge in [-0.25, -0.2) is 0 Å². The topological polar surface area (TPSA) is 58.9 Å². The van der Waals surface area contributed by atoms with E-state index in [4.69, 9.17) is 9.47 Å². The zero-order valence-electron chi connectivity index (χ0n) is 7.43. The smallest absolute Gasteiger partial charge is 0.110 e. The molecular formula is C8H16O4. The quantitative estimate of drug-likeness (QED) is 0.597. The van der Waals surface area contributed by atoms with E-state index in [9.17, 15) is 10.2 Å². The third-order valence-electron chi connectivity index (χ3n) is 2.09. The largest absolute Gasteiger partial charge is 0.390 e. The molecule has 2 N–H and O–H groups in total. The summed E-state index contributed by atoms with van der Waals surface area (Å²) in [6.45, 7) is 2.19.